The van der Waals surface area contributed by atoms with Crippen LogP contribution in [-0.4, -0.2) is 22.2 Å². The zero-order valence-electron chi connectivity index (χ0n) is 9.74. The SMILES string of the molecule is CC(C)Cn1ncc(NCC(N)=O)c(Cl)c1=O. The van der Waals surface area contributed by atoms with Crippen LogP contribution in [0.1, 0.15) is 13.8 Å². The van der Waals surface area contributed by atoms with Crippen molar-refractivity contribution in [3.63, 3.8) is 0 Å². The van der Waals surface area contributed by atoms with Gasteiger partial charge in [-0.3, -0.25) is 9.59 Å². The normalized spacial score (nSPS) is 10.6. The molecule has 7 heteroatoms. The highest BCUT2D eigenvalue weighted by Crippen LogP contribution is 2.14. The third kappa shape index (κ3) is 3.74. The number of primary amides is 1. The summed E-state index contributed by atoms with van der Waals surface area (Å²) in [7, 11) is 0. The zero-order valence-corrected chi connectivity index (χ0v) is 10.5. The molecule has 0 atom stereocenters. The highest BCUT2D eigenvalue weighted by Gasteiger charge is 2.10. The van der Waals surface area contributed by atoms with Gasteiger partial charge in [0, 0.05) is 6.54 Å². The van der Waals surface area contributed by atoms with Gasteiger partial charge in [0.25, 0.3) is 5.56 Å². The Bertz CT molecular complexity index is 470. The Morgan fingerprint density at radius 2 is 2.29 bits per heavy atom. The minimum atomic E-state index is -0.535. The molecular weight excluding hydrogens is 244 g/mol. The molecule has 17 heavy (non-hydrogen) atoms. The summed E-state index contributed by atoms with van der Waals surface area (Å²) in [6.07, 6.45) is 1.41. The minimum absolute atomic E-state index is 0.0156. The molecule has 94 valence electrons. The fraction of sp³-hybridized carbons (Fsp3) is 0.500. The van der Waals surface area contributed by atoms with Crippen molar-refractivity contribution < 1.29 is 4.79 Å². The number of amides is 1. The molecule has 0 bridgehead atoms. The lowest BCUT2D eigenvalue weighted by molar-refractivity contribution is -0.116. The molecule has 1 aromatic heterocycles. The average Bonchev–Trinajstić information content (AvgIpc) is 2.23. The van der Waals surface area contributed by atoms with Crippen LogP contribution in [0.5, 0.6) is 0 Å². The first-order chi connectivity index (χ1) is 7.91. The van der Waals surface area contributed by atoms with E-state index in [1.54, 1.807) is 0 Å². The third-order valence-electron chi connectivity index (χ3n) is 1.98. The van der Waals surface area contributed by atoms with Crippen LogP contribution in [0.15, 0.2) is 11.0 Å². The predicted octanol–water partition coefficient (Wildman–Crippen LogP) is 0.450. The molecule has 0 aliphatic heterocycles. The fourth-order valence-corrected chi connectivity index (χ4v) is 1.46. The topological polar surface area (TPSA) is 90.0 Å². The second kappa shape index (κ2) is 5.67. The Balaban J connectivity index is 2.94. The van der Waals surface area contributed by atoms with Crippen LogP contribution < -0.4 is 16.6 Å². The lowest BCUT2D eigenvalue weighted by Gasteiger charge is -2.10. The molecule has 0 aromatic carbocycles. The second-order valence-corrected chi connectivity index (χ2v) is 4.45. The van der Waals surface area contributed by atoms with Crippen molar-refractivity contribution in [3.05, 3.63) is 21.6 Å². The third-order valence-corrected chi connectivity index (χ3v) is 2.34. The summed E-state index contributed by atoms with van der Waals surface area (Å²) >= 11 is 5.88. The van der Waals surface area contributed by atoms with Crippen molar-refractivity contribution >= 4 is 23.2 Å². The smallest absolute Gasteiger partial charge is 0.287 e. The Morgan fingerprint density at radius 3 is 2.82 bits per heavy atom. The van der Waals surface area contributed by atoms with Gasteiger partial charge in [-0.05, 0) is 5.92 Å². The lowest BCUT2D eigenvalue weighted by atomic mass is 10.2. The predicted molar refractivity (Wildman–Crippen MR) is 66.0 cm³/mol. The summed E-state index contributed by atoms with van der Waals surface area (Å²) in [5.74, 6) is -0.242. The Labute approximate surface area is 104 Å². The van der Waals surface area contributed by atoms with Crippen molar-refractivity contribution in [1.29, 1.82) is 0 Å². The van der Waals surface area contributed by atoms with Crippen molar-refractivity contribution in [2.75, 3.05) is 11.9 Å². The summed E-state index contributed by atoms with van der Waals surface area (Å²) < 4.78 is 1.29. The van der Waals surface area contributed by atoms with Crippen molar-refractivity contribution in [1.82, 2.24) is 9.78 Å². The molecule has 0 saturated carbocycles. The van der Waals surface area contributed by atoms with Crippen LogP contribution >= 0.6 is 11.6 Å². The van der Waals surface area contributed by atoms with Gasteiger partial charge < -0.3 is 11.1 Å². The Morgan fingerprint density at radius 1 is 1.65 bits per heavy atom. The molecule has 1 aromatic rings. The standard InChI is InChI=1S/C10H15ClN4O2/c1-6(2)5-15-10(17)9(11)7(3-14-15)13-4-8(12)16/h3,6,13H,4-5H2,1-2H3,(H2,12,16). The maximum Gasteiger partial charge on any atom is 0.287 e. The highest BCUT2D eigenvalue weighted by molar-refractivity contribution is 6.33. The first kappa shape index (κ1) is 13.5. The molecular formula is C10H15ClN4O2. The molecule has 3 N–H and O–H groups in total. The maximum atomic E-state index is 11.8. The van der Waals surface area contributed by atoms with E-state index in [4.69, 9.17) is 17.3 Å². The van der Waals surface area contributed by atoms with Crippen LogP contribution in [0.3, 0.4) is 0 Å². The van der Waals surface area contributed by atoms with Gasteiger partial charge in [0.1, 0.15) is 5.02 Å². The average molecular weight is 259 g/mol. The van der Waals surface area contributed by atoms with E-state index in [0.717, 1.165) is 0 Å². The van der Waals surface area contributed by atoms with Crippen LogP contribution in [0.2, 0.25) is 5.02 Å². The fourth-order valence-electron chi connectivity index (χ4n) is 1.25. The summed E-state index contributed by atoms with van der Waals surface area (Å²) in [6, 6.07) is 0. The van der Waals surface area contributed by atoms with E-state index in [2.05, 4.69) is 10.4 Å². The largest absolute Gasteiger partial charge is 0.373 e. The van der Waals surface area contributed by atoms with Gasteiger partial charge in [0.15, 0.2) is 0 Å². The summed E-state index contributed by atoms with van der Waals surface area (Å²) in [6.45, 7) is 4.35. The first-order valence-corrected chi connectivity index (χ1v) is 5.57. The molecule has 1 rings (SSSR count). The Kier molecular flexibility index (Phi) is 4.51. The van der Waals surface area contributed by atoms with E-state index in [9.17, 15) is 9.59 Å². The van der Waals surface area contributed by atoms with Crippen molar-refractivity contribution in [2.45, 2.75) is 20.4 Å². The molecule has 0 saturated heterocycles. The van der Waals surface area contributed by atoms with E-state index in [0.29, 0.717) is 18.2 Å². The van der Waals surface area contributed by atoms with Crippen LogP contribution in [0, 0.1) is 5.92 Å². The molecule has 0 aliphatic rings. The number of hydrogen-bond acceptors (Lipinski definition) is 4. The van der Waals surface area contributed by atoms with E-state index < -0.39 is 5.91 Å². The molecule has 0 radical (unpaired) electrons. The summed E-state index contributed by atoms with van der Waals surface area (Å²) in [4.78, 5) is 22.4. The number of carbonyl (C=O) groups is 1. The number of hydrogen-bond donors (Lipinski definition) is 2. The van der Waals surface area contributed by atoms with Gasteiger partial charge in [0.2, 0.25) is 5.91 Å². The first-order valence-electron chi connectivity index (χ1n) is 5.19. The van der Waals surface area contributed by atoms with E-state index in [-0.39, 0.29) is 17.1 Å². The van der Waals surface area contributed by atoms with Crippen LogP contribution in [0.25, 0.3) is 0 Å². The number of nitrogens with zero attached hydrogens (tertiary/aromatic N) is 2. The molecule has 0 unspecified atom stereocenters. The van der Waals surface area contributed by atoms with Crippen molar-refractivity contribution in [3.8, 4) is 0 Å². The highest BCUT2D eigenvalue weighted by atomic mass is 35.5. The van der Waals surface area contributed by atoms with Crippen molar-refractivity contribution in [2.24, 2.45) is 11.7 Å². The maximum absolute atomic E-state index is 11.8. The number of nitrogens with one attached hydrogen (secondary N) is 1. The number of aromatic nitrogens is 2. The number of nitrogens with two attached hydrogens (primary N) is 1. The second-order valence-electron chi connectivity index (χ2n) is 4.07. The number of halogens is 1. The van der Waals surface area contributed by atoms with Gasteiger partial charge in [-0.2, -0.15) is 5.10 Å². The quantitative estimate of drug-likeness (QED) is 0.802. The summed E-state index contributed by atoms with van der Waals surface area (Å²) in [5.41, 5.74) is 4.91. The monoisotopic (exact) mass is 258 g/mol. The van der Waals surface area contributed by atoms with Gasteiger partial charge in [-0.25, -0.2) is 4.68 Å². The summed E-state index contributed by atoms with van der Waals surface area (Å²) in [5, 5.41) is 6.63. The lowest BCUT2D eigenvalue weighted by Crippen LogP contribution is -2.28. The van der Waals surface area contributed by atoms with Crippen LogP contribution in [0.4, 0.5) is 5.69 Å². The van der Waals surface area contributed by atoms with Gasteiger partial charge >= 0.3 is 0 Å². The van der Waals surface area contributed by atoms with E-state index >= 15 is 0 Å². The van der Waals surface area contributed by atoms with E-state index in [1.807, 2.05) is 13.8 Å². The molecule has 1 amide bonds. The zero-order chi connectivity index (χ0) is 13.0. The number of rotatable bonds is 5. The molecule has 0 spiro atoms. The molecule has 0 aliphatic carbocycles. The molecule has 0 fully saturated rings. The van der Waals surface area contributed by atoms with Crippen LogP contribution in [-0.2, 0) is 11.3 Å². The minimum Gasteiger partial charge on any atom is -0.373 e. The van der Waals surface area contributed by atoms with Gasteiger partial charge in [0.05, 0.1) is 18.4 Å². The van der Waals surface area contributed by atoms with E-state index in [1.165, 1.54) is 10.9 Å². The molecule has 6 nitrogen and oxygen atoms in total. The molecule has 1 heterocycles. The van der Waals surface area contributed by atoms with Gasteiger partial charge in [-0.15, -0.1) is 0 Å². The number of carbonyl (C=O) groups excluding carboxylic acids is 1. The van der Waals surface area contributed by atoms with Gasteiger partial charge in [-0.1, -0.05) is 25.4 Å². The number of anilines is 1. The Hall–Kier alpha value is -1.56.